The molecule has 2 aromatic rings. The molecule has 158 valence electrons. The minimum absolute atomic E-state index is 0.501. The van der Waals surface area contributed by atoms with Crippen LogP contribution in [0.3, 0.4) is 0 Å². The zero-order valence-electron chi connectivity index (χ0n) is 18.2. The molecule has 2 N–H and O–H groups in total. The summed E-state index contributed by atoms with van der Waals surface area (Å²) in [6.07, 6.45) is 0. The van der Waals surface area contributed by atoms with E-state index >= 15 is 0 Å². The van der Waals surface area contributed by atoms with Gasteiger partial charge >= 0.3 is 0 Å². The van der Waals surface area contributed by atoms with Gasteiger partial charge in [-0.1, -0.05) is 74.5 Å². The molecule has 29 heavy (non-hydrogen) atoms. The lowest BCUT2D eigenvalue weighted by Crippen LogP contribution is -2.55. The van der Waals surface area contributed by atoms with Crippen molar-refractivity contribution in [3.05, 3.63) is 71.8 Å². The molecule has 0 bridgehead atoms. The van der Waals surface area contributed by atoms with Crippen molar-refractivity contribution in [3.8, 4) is 0 Å². The van der Waals surface area contributed by atoms with Gasteiger partial charge in [0.25, 0.3) is 0 Å². The van der Waals surface area contributed by atoms with Crippen LogP contribution in [-0.2, 0) is 13.1 Å². The van der Waals surface area contributed by atoms with Crippen molar-refractivity contribution in [1.29, 1.82) is 0 Å². The third-order valence-electron chi connectivity index (χ3n) is 5.87. The third kappa shape index (κ3) is 7.23. The van der Waals surface area contributed by atoms with Crippen molar-refractivity contribution in [2.75, 3.05) is 45.8 Å². The average Bonchev–Trinajstić information content (AvgIpc) is 2.74. The molecule has 0 aliphatic carbocycles. The summed E-state index contributed by atoms with van der Waals surface area (Å²) < 4.78 is 0. The smallest absolute Gasteiger partial charge is 0.0247 e. The van der Waals surface area contributed by atoms with Gasteiger partial charge in [-0.25, -0.2) is 0 Å². The van der Waals surface area contributed by atoms with Crippen LogP contribution in [0.25, 0.3) is 0 Å². The fourth-order valence-corrected chi connectivity index (χ4v) is 4.35. The molecule has 1 aliphatic heterocycles. The quantitative estimate of drug-likeness (QED) is 0.684. The number of rotatable bonds is 9. The number of hydrogen-bond donors (Lipinski definition) is 2. The zero-order valence-corrected chi connectivity index (χ0v) is 18.2. The SMILES string of the molecule is CCNC[C@H]1CN(Cc2ccccc2)CCN(Cc2ccccc2)C[C@@H]1NCC. The van der Waals surface area contributed by atoms with Crippen LogP contribution in [0.4, 0.5) is 0 Å². The van der Waals surface area contributed by atoms with Crippen LogP contribution in [-0.4, -0.2) is 61.7 Å². The van der Waals surface area contributed by atoms with Crippen LogP contribution in [0.2, 0.25) is 0 Å². The molecule has 4 nitrogen and oxygen atoms in total. The standard InChI is InChI=1S/C25H38N4/c1-3-26-17-24-20-28(18-22-11-7-5-8-12-22)15-16-29(21-25(24)27-4-2)19-23-13-9-6-10-14-23/h5-14,24-27H,3-4,15-21H2,1-2H3/t24-,25-/m0/s1. The van der Waals surface area contributed by atoms with Crippen LogP contribution in [0.1, 0.15) is 25.0 Å². The molecule has 0 saturated carbocycles. The molecular formula is C25H38N4. The molecule has 0 radical (unpaired) electrons. The van der Waals surface area contributed by atoms with Gasteiger partial charge in [-0.15, -0.1) is 0 Å². The summed E-state index contributed by atoms with van der Waals surface area (Å²) in [5.74, 6) is 0.595. The number of likely N-dealkylation sites (N-methyl/N-ethyl adjacent to an activating group) is 1. The second-order valence-electron chi connectivity index (χ2n) is 8.17. The highest BCUT2D eigenvalue weighted by atomic mass is 15.2. The van der Waals surface area contributed by atoms with Crippen LogP contribution in [0.15, 0.2) is 60.7 Å². The molecule has 1 saturated heterocycles. The van der Waals surface area contributed by atoms with Gasteiger partial charge in [-0.2, -0.15) is 0 Å². The summed E-state index contributed by atoms with van der Waals surface area (Å²) in [6, 6.07) is 22.3. The highest BCUT2D eigenvalue weighted by molar-refractivity contribution is 5.15. The van der Waals surface area contributed by atoms with Gasteiger partial charge in [0.1, 0.15) is 0 Å². The first-order chi connectivity index (χ1) is 14.3. The molecular weight excluding hydrogens is 356 g/mol. The van der Waals surface area contributed by atoms with Gasteiger partial charge in [0, 0.05) is 57.8 Å². The number of benzene rings is 2. The largest absolute Gasteiger partial charge is 0.317 e. The maximum atomic E-state index is 3.80. The molecule has 3 rings (SSSR count). The molecule has 0 amide bonds. The van der Waals surface area contributed by atoms with Gasteiger partial charge in [0.05, 0.1) is 0 Å². The topological polar surface area (TPSA) is 30.5 Å². The van der Waals surface area contributed by atoms with E-state index in [1.54, 1.807) is 0 Å². The predicted molar refractivity (Wildman–Crippen MR) is 123 cm³/mol. The van der Waals surface area contributed by atoms with Gasteiger partial charge in [-0.05, 0) is 24.2 Å². The van der Waals surface area contributed by atoms with Gasteiger partial charge in [0.2, 0.25) is 0 Å². The molecule has 1 fully saturated rings. The Morgan fingerprint density at radius 3 is 1.83 bits per heavy atom. The van der Waals surface area contributed by atoms with E-state index in [1.165, 1.54) is 11.1 Å². The maximum absolute atomic E-state index is 3.80. The third-order valence-corrected chi connectivity index (χ3v) is 5.87. The summed E-state index contributed by atoms with van der Waals surface area (Å²) in [6.45, 7) is 14.1. The monoisotopic (exact) mass is 394 g/mol. The van der Waals surface area contributed by atoms with Crippen molar-refractivity contribution >= 4 is 0 Å². The van der Waals surface area contributed by atoms with Crippen molar-refractivity contribution in [3.63, 3.8) is 0 Å². The van der Waals surface area contributed by atoms with Gasteiger partial charge in [-0.3, -0.25) is 9.80 Å². The first-order valence-corrected chi connectivity index (χ1v) is 11.2. The normalized spacial score (nSPS) is 21.6. The fraction of sp³-hybridized carbons (Fsp3) is 0.520. The van der Waals surface area contributed by atoms with E-state index in [0.717, 1.165) is 58.9 Å². The number of nitrogens with one attached hydrogen (secondary N) is 2. The number of nitrogens with zero attached hydrogens (tertiary/aromatic N) is 2. The van der Waals surface area contributed by atoms with E-state index in [1.807, 2.05) is 0 Å². The molecule has 2 aromatic carbocycles. The summed E-state index contributed by atoms with van der Waals surface area (Å²) >= 11 is 0. The zero-order chi connectivity index (χ0) is 20.3. The molecule has 0 aromatic heterocycles. The number of hydrogen-bond acceptors (Lipinski definition) is 4. The predicted octanol–water partition coefficient (Wildman–Crippen LogP) is 3.21. The van der Waals surface area contributed by atoms with Crippen molar-refractivity contribution in [1.82, 2.24) is 20.4 Å². The van der Waals surface area contributed by atoms with E-state index in [4.69, 9.17) is 0 Å². The minimum atomic E-state index is 0.501. The first-order valence-electron chi connectivity index (χ1n) is 11.2. The summed E-state index contributed by atoms with van der Waals surface area (Å²) in [7, 11) is 0. The highest BCUT2D eigenvalue weighted by Crippen LogP contribution is 2.17. The molecule has 1 aliphatic rings. The molecule has 0 spiro atoms. The van der Waals surface area contributed by atoms with Crippen molar-refractivity contribution in [2.24, 2.45) is 5.92 Å². The average molecular weight is 395 g/mol. The van der Waals surface area contributed by atoms with E-state index < -0.39 is 0 Å². The summed E-state index contributed by atoms with van der Waals surface area (Å²) in [4.78, 5) is 5.29. The van der Waals surface area contributed by atoms with Crippen LogP contribution in [0, 0.1) is 5.92 Å². The Labute approximate surface area is 177 Å². The molecule has 2 atom stereocenters. The highest BCUT2D eigenvalue weighted by Gasteiger charge is 2.28. The van der Waals surface area contributed by atoms with Gasteiger partial charge in [0.15, 0.2) is 0 Å². The minimum Gasteiger partial charge on any atom is -0.317 e. The lowest BCUT2D eigenvalue weighted by atomic mass is 9.96. The summed E-state index contributed by atoms with van der Waals surface area (Å²) in [5, 5.41) is 7.42. The Hall–Kier alpha value is -1.72. The second-order valence-corrected chi connectivity index (χ2v) is 8.17. The molecule has 4 heteroatoms. The van der Waals surface area contributed by atoms with Crippen LogP contribution < -0.4 is 10.6 Å². The Kier molecular flexibility index (Phi) is 9.16. The Bertz CT molecular complexity index is 676. The first kappa shape index (κ1) is 22.0. The second kappa shape index (κ2) is 12.1. The Morgan fingerprint density at radius 2 is 1.31 bits per heavy atom. The van der Waals surface area contributed by atoms with E-state index in [9.17, 15) is 0 Å². The van der Waals surface area contributed by atoms with Gasteiger partial charge < -0.3 is 10.6 Å². The van der Waals surface area contributed by atoms with E-state index in [2.05, 4.69) is 94.9 Å². The summed E-state index contributed by atoms with van der Waals surface area (Å²) in [5.41, 5.74) is 2.81. The lowest BCUT2D eigenvalue weighted by molar-refractivity contribution is 0.105. The Balaban J connectivity index is 1.75. The fourth-order valence-electron chi connectivity index (χ4n) is 4.35. The van der Waals surface area contributed by atoms with Crippen molar-refractivity contribution in [2.45, 2.75) is 33.0 Å². The van der Waals surface area contributed by atoms with Crippen molar-refractivity contribution < 1.29 is 0 Å². The molecule has 1 heterocycles. The van der Waals surface area contributed by atoms with Crippen LogP contribution >= 0.6 is 0 Å². The van der Waals surface area contributed by atoms with Crippen LogP contribution in [0.5, 0.6) is 0 Å². The molecule has 0 unspecified atom stereocenters. The van der Waals surface area contributed by atoms with E-state index in [0.29, 0.717) is 12.0 Å². The lowest BCUT2D eigenvalue weighted by Gasteiger charge is -2.40. The Morgan fingerprint density at radius 1 is 0.759 bits per heavy atom. The maximum Gasteiger partial charge on any atom is 0.0247 e. The van der Waals surface area contributed by atoms with E-state index in [-0.39, 0.29) is 0 Å².